The molecule has 2 aromatic carbocycles. The van der Waals surface area contributed by atoms with Crippen LogP contribution < -0.4 is 0 Å². The minimum absolute atomic E-state index is 0.718. The van der Waals surface area contributed by atoms with Gasteiger partial charge in [-0.2, -0.15) is 0 Å². The Bertz CT molecular complexity index is 1260. The Balaban J connectivity index is 1.64. The van der Waals surface area contributed by atoms with Crippen molar-refractivity contribution in [3.8, 4) is 0 Å². The quantitative estimate of drug-likeness (QED) is 0.262. The topological polar surface area (TPSA) is 29.0 Å². The predicted octanol–water partition coefficient (Wildman–Crippen LogP) is 8.66. The first-order chi connectivity index (χ1) is 16.6. The highest BCUT2D eigenvalue weighted by molar-refractivity contribution is 7.22. The lowest BCUT2D eigenvalue weighted by molar-refractivity contribution is 0.315. The van der Waals surface area contributed by atoms with Gasteiger partial charge in [-0.15, -0.1) is 22.7 Å². The van der Waals surface area contributed by atoms with E-state index in [0.29, 0.717) is 0 Å². The Labute approximate surface area is 210 Å². The fourth-order valence-electron chi connectivity index (χ4n) is 4.75. The van der Waals surface area contributed by atoms with Crippen LogP contribution in [0.3, 0.4) is 0 Å². The average molecular weight is 486 g/mol. The van der Waals surface area contributed by atoms with E-state index in [4.69, 9.17) is 9.97 Å². The fourth-order valence-corrected chi connectivity index (χ4v) is 6.88. The number of para-hydroxylation sites is 2. The lowest BCUT2D eigenvalue weighted by Gasteiger charge is -2.33. The molecular weight excluding hydrogens is 454 g/mol. The van der Waals surface area contributed by atoms with Gasteiger partial charge in [0.05, 0.1) is 26.0 Å². The molecule has 0 saturated carbocycles. The molecule has 1 atom stereocenters. The first-order valence-electron chi connectivity index (χ1n) is 12.2. The molecule has 0 spiro atoms. The zero-order valence-corrected chi connectivity index (χ0v) is 22.0. The standard InChI is InChI=1S/C29H31N3S2/c1-5-11-21(6-2)18-32-19(3)16-22(17-20(32)4)27(28-30-23-12-7-9-14-25(23)33-28)29-31-24-13-8-10-15-26(24)34-29/h7-10,12-17,21H,5-6,11,18H2,1-4H3/t21-/m0/s1. The SMILES string of the molecule is CCC[C@H](CC)CN1C(C)=CC(=C(c2nc3ccccc3s2)c2nc3ccccc3s2)C=C1C. The normalized spacial score (nSPS) is 15.1. The maximum Gasteiger partial charge on any atom is 0.128 e. The maximum atomic E-state index is 5.05. The van der Waals surface area contributed by atoms with Crippen molar-refractivity contribution >= 4 is 48.7 Å². The first-order valence-corrected chi connectivity index (χ1v) is 13.8. The van der Waals surface area contributed by atoms with Gasteiger partial charge in [-0.1, -0.05) is 51.0 Å². The Kier molecular flexibility index (Phi) is 6.66. The molecule has 0 amide bonds. The number of nitrogens with zero attached hydrogens (tertiary/aromatic N) is 3. The van der Waals surface area contributed by atoms with Crippen LogP contribution in [0.4, 0.5) is 0 Å². The molecule has 0 N–H and O–H groups in total. The maximum absolute atomic E-state index is 5.05. The molecule has 0 radical (unpaired) electrons. The van der Waals surface area contributed by atoms with Crippen molar-refractivity contribution in [2.45, 2.75) is 47.0 Å². The van der Waals surface area contributed by atoms with Crippen molar-refractivity contribution in [1.29, 1.82) is 0 Å². The Hall–Kier alpha value is -2.76. The van der Waals surface area contributed by atoms with Gasteiger partial charge in [0, 0.05) is 17.9 Å². The van der Waals surface area contributed by atoms with Gasteiger partial charge >= 0.3 is 0 Å². The molecule has 0 unspecified atom stereocenters. The zero-order chi connectivity index (χ0) is 23.7. The lowest BCUT2D eigenvalue weighted by Crippen LogP contribution is -2.28. The van der Waals surface area contributed by atoms with E-state index < -0.39 is 0 Å². The second-order valence-electron chi connectivity index (χ2n) is 9.05. The number of allylic oxidation sites excluding steroid dienone is 5. The summed E-state index contributed by atoms with van der Waals surface area (Å²) in [6.07, 6.45) is 8.40. The van der Waals surface area contributed by atoms with E-state index in [-0.39, 0.29) is 0 Å². The van der Waals surface area contributed by atoms with Gasteiger partial charge in [-0.05, 0) is 68.2 Å². The molecule has 5 heteroatoms. The average Bonchev–Trinajstić information content (AvgIpc) is 3.44. The van der Waals surface area contributed by atoms with Crippen LogP contribution in [0.1, 0.15) is 57.0 Å². The van der Waals surface area contributed by atoms with E-state index in [1.807, 2.05) is 0 Å². The van der Waals surface area contributed by atoms with Crippen LogP contribution in [0, 0.1) is 5.92 Å². The summed E-state index contributed by atoms with van der Waals surface area (Å²) in [7, 11) is 0. The molecule has 174 valence electrons. The highest BCUT2D eigenvalue weighted by Crippen LogP contribution is 2.39. The molecule has 3 nitrogen and oxygen atoms in total. The number of benzene rings is 2. The van der Waals surface area contributed by atoms with Crippen molar-refractivity contribution in [2.75, 3.05) is 6.54 Å². The predicted molar refractivity (Wildman–Crippen MR) is 148 cm³/mol. The summed E-state index contributed by atoms with van der Waals surface area (Å²) in [5, 5.41) is 2.07. The largest absolute Gasteiger partial charge is 0.349 e. The molecule has 0 aliphatic carbocycles. The van der Waals surface area contributed by atoms with Gasteiger partial charge in [0.15, 0.2) is 0 Å². The van der Waals surface area contributed by atoms with Crippen LogP contribution >= 0.6 is 22.7 Å². The van der Waals surface area contributed by atoms with Crippen molar-refractivity contribution < 1.29 is 0 Å². The molecule has 0 saturated heterocycles. The minimum atomic E-state index is 0.718. The molecule has 3 heterocycles. The summed E-state index contributed by atoms with van der Waals surface area (Å²) >= 11 is 3.51. The molecule has 0 fully saturated rings. The van der Waals surface area contributed by atoms with E-state index in [1.54, 1.807) is 22.7 Å². The van der Waals surface area contributed by atoms with Crippen molar-refractivity contribution in [2.24, 2.45) is 5.92 Å². The number of fused-ring (bicyclic) bond motifs is 2. The summed E-state index contributed by atoms with van der Waals surface area (Å²) in [5.74, 6) is 0.718. The van der Waals surface area contributed by atoms with Gasteiger partial charge in [-0.3, -0.25) is 0 Å². The number of hydrogen-bond acceptors (Lipinski definition) is 5. The second kappa shape index (κ2) is 9.85. The Morgan fingerprint density at radius 1 is 0.824 bits per heavy atom. The third-order valence-corrected chi connectivity index (χ3v) is 8.71. The molecule has 5 rings (SSSR count). The molecule has 0 bridgehead atoms. The van der Waals surface area contributed by atoms with E-state index >= 15 is 0 Å². The number of hydrogen-bond donors (Lipinski definition) is 0. The van der Waals surface area contributed by atoms with Gasteiger partial charge in [-0.25, -0.2) is 9.97 Å². The summed E-state index contributed by atoms with van der Waals surface area (Å²) in [5.41, 5.74) is 7.03. The van der Waals surface area contributed by atoms with Crippen LogP contribution in [-0.2, 0) is 0 Å². The smallest absolute Gasteiger partial charge is 0.128 e. The van der Waals surface area contributed by atoms with Gasteiger partial charge in [0.2, 0.25) is 0 Å². The molecule has 1 aliphatic rings. The van der Waals surface area contributed by atoms with E-state index in [0.717, 1.165) is 39.1 Å². The molecule has 2 aromatic heterocycles. The molecule has 1 aliphatic heterocycles. The Morgan fingerprint density at radius 2 is 1.35 bits per heavy atom. The van der Waals surface area contributed by atoms with E-state index in [2.05, 4.69) is 93.3 Å². The third kappa shape index (κ3) is 4.47. The van der Waals surface area contributed by atoms with Crippen molar-refractivity contribution in [3.05, 3.63) is 87.7 Å². The van der Waals surface area contributed by atoms with Gasteiger partial charge < -0.3 is 4.90 Å². The minimum Gasteiger partial charge on any atom is -0.349 e. The number of aromatic nitrogens is 2. The van der Waals surface area contributed by atoms with Crippen LogP contribution in [0.25, 0.3) is 26.0 Å². The Morgan fingerprint density at radius 3 is 1.82 bits per heavy atom. The lowest BCUT2D eigenvalue weighted by atomic mass is 9.97. The second-order valence-corrected chi connectivity index (χ2v) is 11.1. The summed E-state index contributed by atoms with van der Waals surface area (Å²) in [4.78, 5) is 12.6. The summed E-state index contributed by atoms with van der Waals surface area (Å²) in [6, 6.07) is 16.8. The zero-order valence-electron chi connectivity index (χ0n) is 20.3. The van der Waals surface area contributed by atoms with Crippen molar-refractivity contribution in [1.82, 2.24) is 14.9 Å². The summed E-state index contributed by atoms with van der Waals surface area (Å²) in [6.45, 7) is 10.2. The third-order valence-electron chi connectivity index (χ3n) is 6.60. The van der Waals surface area contributed by atoms with Crippen LogP contribution in [0.5, 0.6) is 0 Å². The molecule has 4 aromatic rings. The fraction of sp³-hybridized carbons (Fsp3) is 0.310. The van der Waals surface area contributed by atoms with Crippen LogP contribution in [-0.4, -0.2) is 21.4 Å². The van der Waals surface area contributed by atoms with Gasteiger partial charge in [0.1, 0.15) is 10.0 Å². The summed E-state index contributed by atoms with van der Waals surface area (Å²) < 4.78 is 2.42. The monoisotopic (exact) mass is 485 g/mol. The van der Waals surface area contributed by atoms with Crippen LogP contribution in [0.15, 0.2) is 77.7 Å². The highest BCUT2D eigenvalue weighted by atomic mass is 32.1. The van der Waals surface area contributed by atoms with Gasteiger partial charge in [0.25, 0.3) is 0 Å². The highest BCUT2D eigenvalue weighted by Gasteiger charge is 2.23. The van der Waals surface area contributed by atoms with E-state index in [1.165, 1.54) is 45.6 Å². The molecule has 34 heavy (non-hydrogen) atoms. The van der Waals surface area contributed by atoms with E-state index in [9.17, 15) is 0 Å². The number of thiazole rings is 2. The van der Waals surface area contributed by atoms with Crippen molar-refractivity contribution in [3.63, 3.8) is 0 Å². The van der Waals surface area contributed by atoms with Crippen LogP contribution in [0.2, 0.25) is 0 Å². The molecular formula is C29H31N3S2. The first kappa shape index (κ1) is 23.0. The number of rotatable bonds is 7.